The Kier molecular flexibility index (Phi) is 7.45. The molecule has 22 heavy (non-hydrogen) atoms. The highest BCUT2D eigenvalue weighted by Crippen LogP contribution is 2.47. The second kappa shape index (κ2) is 9.09. The average molecular weight is 359 g/mol. The van der Waals surface area contributed by atoms with E-state index in [2.05, 4.69) is 13.8 Å². The van der Waals surface area contributed by atoms with Crippen molar-refractivity contribution in [2.75, 3.05) is 11.5 Å². The van der Waals surface area contributed by atoms with E-state index in [1.54, 1.807) is 6.07 Å². The number of hydrogen-bond donors (Lipinski definition) is 0. The molecule has 0 N–H and O–H groups in total. The molecule has 1 aromatic rings. The van der Waals surface area contributed by atoms with Crippen LogP contribution in [0.4, 0.5) is 0 Å². The maximum atomic E-state index is 12.0. The number of carbonyl (C=O) groups is 1. The van der Waals surface area contributed by atoms with Crippen molar-refractivity contribution < 1.29 is 9.53 Å². The minimum atomic E-state index is -0.143. The van der Waals surface area contributed by atoms with Crippen LogP contribution in [0.15, 0.2) is 18.2 Å². The van der Waals surface area contributed by atoms with Crippen molar-refractivity contribution >= 4 is 41.1 Å². The molecule has 5 heteroatoms. The Morgan fingerprint density at radius 3 is 2.77 bits per heavy atom. The Morgan fingerprint density at radius 2 is 2.09 bits per heavy atom. The Hall–Kier alpha value is -0.320. The lowest BCUT2D eigenvalue weighted by Crippen LogP contribution is -2.11. The van der Waals surface area contributed by atoms with E-state index in [9.17, 15) is 4.79 Å². The number of rotatable bonds is 6. The summed E-state index contributed by atoms with van der Waals surface area (Å²) in [6.07, 6.45) is 3.64. The van der Waals surface area contributed by atoms with E-state index in [1.807, 2.05) is 35.7 Å². The van der Waals surface area contributed by atoms with Gasteiger partial charge in [0.05, 0.1) is 4.58 Å². The predicted octanol–water partition coefficient (Wildman–Crippen LogP) is 5.94. The van der Waals surface area contributed by atoms with Crippen LogP contribution in [0.3, 0.4) is 0 Å². The van der Waals surface area contributed by atoms with Crippen LogP contribution < -0.4 is 4.74 Å². The summed E-state index contributed by atoms with van der Waals surface area (Å²) >= 11 is 9.93. The first kappa shape index (κ1) is 18.0. The molecule has 0 aromatic heterocycles. The van der Waals surface area contributed by atoms with E-state index in [0.29, 0.717) is 27.7 Å². The van der Waals surface area contributed by atoms with Gasteiger partial charge in [-0.25, -0.2) is 0 Å². The van der Waals surface area contributed by atoms with Gasteiger partial charge in [-0.15, -0.1) is 23.5 Å². The molecule has 0 aliphatic carbocycles. The zero-order valence-corrected chi connectivity index (χ0v) is 15.5. The van der Waals surface area contributed by atoms with Crippen molar-refractivity contribution in [3.8, 4) is 5.75 Å². The van der Waals surface area contributed by atoms with Crippen molar-refractivity contribution in [1.29, 1.82) is 0 Å². The zero-order valence-electron chi connectivity index (χ0n) is 13.1. The lowest BCUT2D eigenvalue weighted by molar-refractivity contribution is -0.134. The molecule has 1 heterocycles. The molecule has 1 aliphatic heterocycles. The van der Waals surface area contributed by atoms with E-state index < -0.39 is 0 Å². The minimum absolute atomic E-state index is 0.143. The summed E-state index contributed by atoms with van der Waals surface area (Å²) in [7, 11) is 0. The number of benzene rings is 1. The third-order valence-electron chi connectivity index (χ3n) is 3.44. The highest BCUT2D eigenvalue weighted by Gasteiger charge is 2.22. The predicted molar refractivity (Wildman–Crippen MR) is 98.1 cm³/mol. The summed E-state index contributed by atoms with van der Waals surface area (Å²) in [4.78, 5) is 12.0. The van der Waals surface area contributed by atoms with Crippen LogP contribution in [0, 0.1) is 5.92 Å². The Bertz CT molecular complexity index is 499. The van der Waals surface area contributed by atoms with Gasteiger partial charge in [-0.2, -0.15) is 0 Å². The van der Waals surface area contributed by atoms with Crippen LogP contribution in [0.25, 0.3) is 0 Å². The van der Waals surface area contributed by atoms with Gasteiger partial charge in [-0.3, -0.25) is 4.79 Å². The molecule has 2 nitrogen and oxygen atoms in total. The first-order valence-corrected chi connectivity index (χ1v) is 10.3. The van der Waals surface area contributed by atoms with Gasteiger partial charge in [0.2, 0.25) is 0 Å². The number of halogens is 1. The van der Waals surface area contributed by atoms with Gasteiger partial charge >= 0.3 is 5.97 Å². The lowest BCUT2D eigenvalue weighted by Gasteiger charge is -2.23. The highest BCUT2D eigenvalue weighted by atomic mass is 35.5. The fourth-order valence-corrected chi connectivity index (χ4v) is 5.40. The monoisotopic (exact) mass is 358 g/mol. The van der Waals surface area contributed by atoms with Gasteiger partial charge in [-0.05, 0) is 48.5 Å². The molecular weight excluding hydrogens is 336 g/mol. The maximum absolute atomic E-state index is 12.0. The Morgan fingerprint density at radius 1 is 1.36 bits per heavy atom. The normalized spacial score (nSPS) is 16.0. The van der Waals surface area contributed by atoms with Crippen molar-refractivity contribution in [2.24, 2.45) is 5.92 Å². The molecule has 2 rings (SSSR count). The van der Waals surface area contributed by atoms with E-state index in [-0.39, 0.29) is 5.97 Å². The van der Waals surface area contributed by atoms with Gasteiger partial charge in [0.1, 0.15) is 5.75 Å². The quantitative estimate of drug-likeness (QED) is 0.464. The Labute approximate surface area is 146 Å². The van der Waals surface area contributed by atoms with Gasteiger partial charge in [-0.1, -0.05) is 31.9 Å². The molecule has 0 bridgehead atoms. The number of esters is 1. The van der Waals surface area contributed by atoms with Gasteiger partial charge in [0, 0.05) is 17.0 Å². The van der Waals surface area contributed by atoms with Crippen LogP contribution in [0.2, 0.25) is 5.02 Å². The third kappa shape index (κ3) is 5.71. The molecule has 0 radical (unpaired) electrons. The van der Waals surface area contributed by atoms with Crippen molar-refractivity contribution in [3.63, 3.8) is 0 Å². The topological polar surface area (TPSA) is 26.3 Å². The molecule has 122 valence electrons. The van der Waals surface area contributed by atoms with Crippen LogP contribution in [0.1, 0.15) is 49.7 Å². The summed E-state index contributed by atoms with van der Waals surface area (Å²) in [5.74, 6) is 3.44. The van der Waals surface area contributed by atoms with Gasteiger partial charge in [0.15, 0.2) is 0 Å². The molecule has 0 amide bonds. The Balaban J connectivity index is 2.01. The molecule has 0 atom stereocenters. The standard InChI is InChI=1S/C17H23ClO2S2/c1-12(2)5-3-6-16(19)20-15-8-7-13(18)11-14(15)17-21-9-4-10-22-17/h7-8,11-12,17H,3-6,9-10H2,1-2H3. The molecule has 1 fully saturated rings. The molecule has 0 unspecified atom stereocenters. The summed E-state index contributed by atoms with van der Waals surface area (Å²) in [5, 5.41) is 0.696. The minimum Gasteiger partial charge on any atom is -0.426 e. The van der Waals surface area contributed by atoms with Crippen LogP contribution in [-0.4, -0.2) is 17.5 Å². The molecule has 1 aliphatic rings. The number of thioether (sulfide) groups is 2. The first-order chi connectivity index (χ1) is 10.6. The van der Waals surface area contributed by atoms with Crippen molar-refractivity contribution in [2.45, 2.75) is 44.1 Å². The van der Waals surface area contributed by atoms with Gasteiger partial charge < -0.3 is 4.74 Å². The van der Waals surface area contributed by atoms with E-state index >= 15 is 0 Å². The second-order valence-corrected chi connectivity index (χ2v) is 9.03. The van der Waals surface area contributed by atoms with Crippen molar-refractivity contribution in [1.82, 2.24) is 0 Å². The van der Waals surface area contributed by atoms with Crippen LogP contribution in [-0.2, 0) is 4.79 Å². The number of ether oxygens (including phenoxy) is 1. The van der Waals surface area contributed by atoms with E-state index in [0.717, 1.165) is 29.9 Å². The van der Waals surface area contributed by atoms with Crippen LogP contribution >= 0.6 is 35.1 Å². The van der Waals surface area contributed by atoms with Crippen LogP contribution in [0.5, 0.6) is 5.75 Å². The summed E-state index contributed by atoms with van der Waals surface area (Å²) in [6.45, 7) is 4.33. The maximum Gasteiger partial charge on any atom is 0.311 e. The average Bonchev–Trinajstić information content (AvgIpc) is 2.49. The smallest absolute Gasteiger partial charge is 0.311 e. The summed E-state index contributed by atoms with van der Waals surface area (Å²) in [6, 6.07) is 5.56. The molecule has 0 spiro atoms. The fourth-order valence-electron chi connectivity index (χ4n) is 2.29. The lowest BCUT2D eigenvalue weighted by atomic mass is 10.1. The third-order valence-corrected chi connectivity index (χ3v) is 6.65. The molecule has 0 saturated carbocycles. The highest BCUT2D eigenvalue weighted by molar-refractivity contribution is 8.16. The summed E-state index contributed by atoms with van der Waals surface area (Å²) < 4.78 is 5.92. The number of hydrogen-bond acceptors (Lipinski definition) is 4. The van der Waals surface area contributed by atoms with E-state index in [1.165, 1.54) is 6.42 Å². The summed E-state index contributed by atoms with van der Waals surface area (Å²) in [5.41, 5.74) is 1.04. The SMILES string of the molecule is CC(C)CCCC(=O)Oc1ccc(Cl)cc1C1SCCCS1. The molecule has 1 aromatic carbocycles. The number of carbonyl (C=O) groups excluding carboxylic acids is 1. The zero-order chi connectivity index (χ0) is 15.9. The fraction of sp³-hybridized carbons (Fsp3) is 0.588. The van der Waals surface area contributed by atoms with Gasteiger partial charge in [0.25, 0.3) is 0 Å². The first-order valence-electron chi connectivity index (χ1n) is 7.79. The molecule has 1 saturated heterocycles. The van der Waals surface area contributed by atoms with Crippen molar-refractivity contribution in [3.05, 3.63) is 28.8 Å². The second-order valence-electron chi connectivity index (χ2n) is 5.87. The largest absolute Gasteiger partial charge is 0.426 e. The van der Waals surface area contributed by atoms with E-state index in [4.69, 9.17) is 16.3 Å². The molecular formula is C17H23ClO2S2.